The predicted molar refractivity (Wildman–Crippen MR) is 139 cm³/mol. The maximum Gasteiger partial charge on any atom is 0.404 e. The van der Waals surface area contributed by atoms with E-state index in [0.29, 0.717) is 54.5 Å². The van der Waals surface area contributed by atoms with E-state index < -0.39 is 17.8 Å². The molecule has 2 aliphatic heterocycles. The van der Waals surface area contributed by atoms with Gasteiger partial charge in [-0.3, -0.25) is 9.69 Å². The van der Waals surface area contributed by atoms with Crippen LogP contribution >= 0.6 is 15.9 Å². The lowest BCUT2D eigenvalue weighted by Gasteiger charge is -2.39. The summed E-state index contributed by atoms with van der Waals surface area (Å²) in [5.74, 6) is -0.499. The average Bonchev–Trinajstić information content (AvgIpc) is 3.39. The molecular weight excluding hydrogens is 569 g/mol. The number of anilines is 2. The van der Waals surface area contributed by atoms with Crippen LogP contribution < -0.4 is 10.2 Å². The summed E-state index contributed by atoms with van der Waals surface area (Å²) in [7, 11) is 2.86. The summed E-state index contributed by atoms with van der Waals surface area (Å²) in [5.41, 5.74) is 0.995. The van der Waals surface area contributed by atoms with Crippen LogP contribution in [0.4, 0.5) is 24.7 Å². The number of ether oxygens (including phenoxy) is 2. The van der Waals surface area contributed by atoms with Crippen molar-refractivity contribution in [3.8, 4) is 0 Å². The van der Waals surface area contributed by atoms with Crippen molar-refractivity contribution in [3.63, 3.8) is 0 Å². The number of hydrogen-bond donors (Lipinski definition) is 1. The third kappa shape index (κ3) is 6.13. The first kappa shape index (κ1) is 28.3. The number of likely N-dealkylation sites (tertiary alicyclic amines) is 1. The average molecular weight is 599 g/mol. The quantitative estimate of drug-likeness (QED) is 0.459. The van der Waals surface area contributed by atoms with Gasteiger partial charge in [-0.2, -0.15) is 13.2 Å². The monoisotopic (exact) mass is 598 g/mol. The van der Waals surface area contributed by atoms with Gasteiger partial charge in [0, 0.05) is 61.5 Å². The number of piperidine rings is 1. The first-order valence-corrected chi connectivity index (χ1v) is 13.1. The summed E-state index contributed by atoms with van der Waals surface area (Å²) >= 11 is 3.37. The molecule has 1 aromatic heterocycles. The zero-order valence-corrected chi connectivity index (χ0v) is 22.8. The summed E-state index contributed by atoms with van der Waals surface area (Å²) in [6.07, 6.45) is -1.25. The molecule has 38 heavy (non-hydrogen) atoms. The number of esters is 1. The molecule has 0 spiro atoms. The molecule has 206 valence electrons. The van der Waals surface area contributed by atoms with Gasteiger partial charge in [0.25, 0.3) is 5.91 Å². The van der Waals surface area contributed by atoms with Crippen LogP contribution in [0, 0.1) is 0 Å². The molecule has 2 aliphatic rings. The third-order valence-electron chi connectivity index (χ3n) is 7.31. The minimum Gasteiger partial charge on any atom is -0.467 e. The van der Waals surface area contributed by atoms with Gasteiger partial charge in [0.2, 0.25) is 0 Å². The molecule has 12 heteroatoms. The fourth-order valence-electron chi connectivity index (χ4n) is 5.09. The van der Waals surface area contributed by atoms with E-state index in [1.54, 1.807) is 18.2 Å². The second-order valence-corrected chi connectivity index (χ2v) is 10.4. The molecule has 1 aromatic carbocycles. The summed E-state index contributed by atoms with van der Waals surface area (Å²) in [6.45, 7) is 1.64. The lowest BCUT2D eigenvalue weighted by molar-refractivity contribution is -0.177. The highest BCUT2D eigenvalue weighted by Gasteiger charge is 2.46. The maximum absolute atomic E-state index is 13.3. The van der Waals surface area contributed by atoms with Crippen LogP contribution in [0.1, 0.15) is 41.6 Å². The van der Waals surface area contributed by atoms with Crippen molar-refractivity contribution in [2.24, 2.45) is 0 Å². The minimum absolute atomic E-state index is 0.0851. The molecule has 2 fully saturated rings. The van der Waals surface area contributed by atoms with Crippen molar-refractivity contribution in [2.75, 3.05) is 44.1 Å². The van der Waals surface area contributed by atoms with E-state index in [4.69, 9.17) is 9.47 Å². The molecule has 0 unspecified atom stereocenters. The highest BCUT2D eigenvalue weighted by molar-refractivity contribution is 9.10. The van der Waals surface area contributed by atoms with Crippen LogP contribution in [0.15, 0.2) is 41.0 Å². The molecule has 0 aliphatic carbocycles. The molecule has 2 aromatic rings. The van der Waals surface area contributed by atoms with Crippen molar-refractivity contribution in [1.29, 1.82) is 0 Å². The zero-order valence-electron chi connectivity index (χ0n) is 21.2. The molecule has 8 nitrogen and oxygen atoms in total. The van der Waals surface area contributed by atoms with E-state index in [-0.39, 0.29) is 30.7 Å². The predicted octanol–water partition coefficient (Wildman–Crippen LogP) is 4.78. The van der Waals surface area contributed by atoms with E-state index >= 15 is 0 Å². The highest BCUT2D eigenvalue weighted by atomic mass is 79.9. The molecule has 0 radical (unpaired) electrons. The Morgan fingerprint density at radius 2 is 1.84 bits per heavy atom. The fraction of sp³-hybridized carbons (Fsp3) is 0.500. The van der Waals surface area contributed by atoms with Gasteiger partial charge in [-0.25, -0.2) is 9.78 Å². The Morgan fingerprint density at radius 1 is 1.16 bits per heavy atom. The lowest BCUT2D eigenvalue weighted by atomic mass is 9.91. The van der Waals surface area contributed by atoms with Gasteiger partial charge in [-0.1, -0.05) is 0 Å². The largest absolute Gasteiger partial charge is 0.467 e. The first-order chi connectivity index (χ1) is 18.1. The molecule has 1 amide bonds. The van der Waals surface area contributed by atoms with Crippen LogP contribution in [0.2, 0.25) is 0 Å². The van der Waals surface area contributed by atoms with Crippen molar-refractivity contribution < 1.29 is 32.2 Å². The van der Waals surface area contributed by atoms with Gasteiger partial charge in [-0.05, 0) is 71.2 Å². The zero-order chi connectivity index (χ0) is 27.5. The van der Waals surface area contributed by atoms with Gasteiger partial charge in [0.1, 0.15) is 11.9 Å². The number of carbonyl (C=O) groups excluding carboxylic acids is 2. The number of rotatable bonds is 7. The summed E-state index contributed by atoms with van der Waals surface area (Å²) < 4.78 is 51.0. The molecule has 1 atom stereocenters. The molecule has 0 bridgehead atoms. The fourth-order valence-corrected chi connectivity index (χ4v) is 5.43. The van der Waals surface area contributed by atoms with E-state index in [0.717, 1.165) is 5.69 Å². The number of methoxy groups -OCH3 is 2. The molecule has 0 saturated carbocycles. The second kappa shape index (κ2) is 11.6. The topological polar surface area (TPSA) is 84.0 Å². The number of hydrogen-bond acceptors (Lipinski definition) is 7. The smallest absolute Gasteiger partial charge is 0.404 e. The Kier molecular flexibility index (Phi) is 8.63. The maximum atomic E-state index is 13.3. The van der Waals surface area contributed by atoms with Crippen LogP contribution in [-0.2, 0) is 20.8 Å². The minimum atomic E-state index is -4.28. The highest BCUT2D eigenvalue weighted by Crippen LogP contribution is 2.35. The van der Waals surface area contributed by atoms with Gasteiger partial charge < -0.3 is 19.7 Å². The lowest BCUT2D eigenvalue weighted by Crippen LogP contribution is -2.51. The number of halogens is 4. The number of alkyl halides is 3. The van der Waals surface area contributed by atoms with Crippen molar-refractivity contribution in [2.45, 2.75) is 50.0 Å². The molecule has 3 heterocycles. The van der Waals surface area contributed by atoms with Crippen LogP contribution in [0.5, 0.6) is 0 Å². The molecule has 2 saturated heterocycles. The number of nitrogens with one attached hydrogen (secondary N) is 1. The number of amides is 1. The Labute approximate surface area is 227 Å². The number of carbonyl (C=O) groups is 2. The molecule has 1 N–H and O–H groups in total. The first-order valence-electron chi connectivity index (χ1n) is 12.3. The normalized spacial score (nSPS) is 19.8. The summed E-state index contributed by atoms with van der Waals surface area (Å²) in [4.78, 5) is 32.7. The van der Waals surface area contributed by atoms with Gasteiger partial charge in [0.15, 0.2) is 5.60 Å². The van der Waals surface area contributed by atoms with Gasteiger partial charge in [0.05, 0.1) is 7.11 Å². The van der Waals surface area contributed by atoms with Crippen LogP contribution in [-0.4, -0.2) is 73.4 Å². The number of aromatic nitrogens is 1. The van der Waals surface area contributed by atoms with Crippen LogP contribution in [0.3, 0.4) is 0 Å². The SMILES string of the molecule is COC(=O)C1(OC)CCN(c2ccc(C(=O)Nc3cc(CN4CCC[C@H]4C(F)(F)F)c(Br)cn3)cc2)CC1. The molecule has 4 rings (SSSR count). The van der Waals surface area contributed by atoms with Gasteiger partial charge >= 0.3 is 12.1 Å². The second-order valence-electron chi connectivity index (χ2n) is 9.51. The number of pyridine rings is 1. The Balaban J connectivity index is 1.38. The summed E-state index contributed by atoms with van der Waals surface area (Å²) in [6, 6.07) is 7.18. The van der Waals surface area contributed by atoms with Crippen molar-refractivity contribution in [1.82, 2.24) is 9.88 Å². The number of nitrogens with zero attached hydrogens (tertiary/aromatic N) is 3. The Morgan fingerprint density at radius 3 is 2.45 bits per heavy atom. The van der Waals surface area contributed by atoms with E-state index in [2.05, 4.69) is 31.1 Å². The van der Waals surface area contributed by atoms with E-state index in [1.165, 1.54) is 25.3 Å². The molecular formula is C26H30BrF3N4O4. The van der Waals surface area contributed by atoms with E-state index in [1.807, 2.05) is 12.1 Å². The standard InChI is InChI=1S/C26H30BrF3N4O4/c1-37-24(36)25(38-2)9-12-33(13-10-25)19-7-5-17(6-8-19)23(35)32-22-14-18(20(27)15-31-22)16-34-11-3-4-21(34)26(28,29)30/h5-8,14-15,21H,3-4,9-13,16H2,1-2H3,(H,31,32,35)/t21-/m0/s1. The Bertz CT molecular complexity index is 1150. The van der Waals surface area contributed by atoms with E-state index in [9.17, 15) is 22.8 Å². The van der Waals surface area contributed by atoms with Crippen molar-refractivity contribution >= 4 is 39.3 Å². The van der Waals surface area contributed by atoms with Crippen molar-refractivity contribution in [3.05, 3.63) is 52.1 Å². The third-order valence-corrected chi connectivity index (χ3v) is 8.02. The van der Waals surface area contributed by atoms with Crippen LogP contribution in [0.25, 0.3) is 0 Å². The Hall–Kier alpha value is -2.70. The summed E-state index contributed by atoms with van der Waals surface area (Å²) in [5, 5.41) is 2.74. The van der Waals surface area contributed by atoms with Gasteiger partial charge in [-0.15, -0.1) is 0 Å². The number of benzene rings is 1.